The molecule has 1 aromatic carbocycles. The first-order chi connectivity index (χ1) is 7.67. The fraction of sp³-hybridized carbons (Fsp3) is 0.500. The third-order valence-corrected chi connectivity index (χ3v) is 2.80. The Kier molecular flexibility index (Phi) is 5.60. The van der Waals surface area contributed by atoms with Gasteiger partial charge in [0.25, 0.3) is 0 Å². The van der Waals surface area contributed by atoms with E-state index in [-0.39, 0.29) is 0 Å². The van der Waals surface area contributed by atoms with Gasteiger partial charge in [0.2, 0.25) is 0 Å². The molecule has 0 atom stereocenters. The maximum absolute atomic E-state index is 5.91. The third kappa shape index (κ3) is 4.00. The monoisotopic (exact) mass is 242 g/mol. The minimum Gasteiger partial charge on any atom is -0.398 e. The summed E-state index contributed by atoms with van der Waals surface area (Å²) in [6.45, 7) is 5.59. The average Bonchev–Trinajstić information content (AvgIpc) is 2.27. The molecule has 0 saturated heterocycles. The molecule has 1 rings (SSSR count). The van der Waals surface area contributed by atoms with Crippen molar-refractivity contribution in [1.29, 1.82) is 0 Å². The van der Waals surface area contributed by atoms with Crippen molar-refractivity contribution >= 4 is 17.3 Å². The van der Waals surface area contributed by atoms with Crippen LogP contribution >= 0.6 is 11.6 Å². The Bertz CT molecular complexity index is 331. The van der Waals surface area contributed by atoms with Gasteiger partial charge in [-0.15, -0.1) is 0 Å². The molecule has 3 nitrogen and oxygen atoms in total. The minimum absolute atomic E-state index is 0.682. The van der Waals surface area contributed by atoms with E-state index >= 15 is 0 Å². The van der Waals surface area contributed by atoms with Crippen LogP contribution in [0, 0.1) is 0 Å². The number of halogens is 1. The number of hydrogen-bond donors (Lipinski definition) is 1. The highest BCUT2D eigenvalue weighted by Gasteiger charge is 2.06. The zero-order chi connectivity index (χ0) is 12.0. The third-order valence-electron chi connectivity index (χ3n) is 2.56. The van der Waals surface area contributed by atoms with Gasteiger partial charge < -0.3 is 10.5 Å². The van der Waals surface area contributed by atoms with Crippen molar-refractivity contribution in [3.8, 4) is 0 Å². The summed E-state index contributed by atoms with van der Waals surface area (Å²) in [5.41, 5.74) is 7.78. The zero-order valence-electron chi connectivity index (χ0n) is 9.87. The second-order valence-electron chi connectivity index (χ2n) is 3.70. The molecule has 1 aromatic rings. The van der Waals surface area contributed by atoms with Gasteiger partial charge in [-0.3, -0.25) is 4.90 Å². The fourth-order valence-corrected chi connectivity index (χ4v) is 1.70. The van der Waals surface area contributed by atoms with Crippen LogP contribution in [0.2, 0.25) is 5.02 Å². The van der Waals surface area contributed by atoms with Gasteiger partial charge in [0.15, 0.2) is 0 Å². The topological polar surface area (TPSA) is 38.5 Å². The first-order valence-electron chi connectivity index (χ1n) is 5.42. The summed E-state index contributed by atoms with van der Waals surface area (Å²) in [5, 5.41) is 0.682. The Hall–Kier alpha value is -0.770. The molecule has 0 heterocycles. The van der Waals surface area contributed by atoms with E-state index in [4.69, 9.17) is 22.1 Å². The van der Waals surface area contributed by atoms with Crippen LogP contribution in [0.3, 0.4) is 0 Å². The van der Waals surface area contributed by atoms with Crippen molar-refractivity contribution < 1.29 is 4.74 Å². The van der Waals surface area contributed by atoms with Crippen molar-refractivity contribution in [2.75, 3.05) is 32.5 Å². The standard InChI is InChI=1S/C12H19ClN2O/c1-3-15(6-7-16-2)9-10-4-5-11(13)8-12(10)14/h4-5,8H,3,6-7,9,14H2,1-2H3. The van der Waals surface area contributed by atoms with Crippen LogP contribution in [0.1, 0.15) is 12.5 Å². The molecule has 0 radical (unpaired) electrons. The molecular formula is C12H19ClN2O. The van der Waals surface area contributed by atoms with Crippen molar-refractivity contribution in [2.24, 2.45) is 0 Å². The van der Waals surface area contributed by atoms with Crippen molar-refractivity contribution in [3.63, 3.8) is 0 Å². The molecule has 2 N–H and O–H groups in total. The van der Waals surface area contributed by atoms with E-state index in [1.54, 1.807) is 13.2 Å². The Morgan fingerprint density at radius 3 is 2.75 bits per heavy atom. The second-order valence-corrected chi connectivity index (χ2v) is 4.14. The Morgan fingerprint density at radius 2 is 2.19 bits per heavy atom. The summed E-state index contributed by atoms with van der Waals surface area (Å²) in [5.74, 6) is 0. The lowest BCUT2D eigenvalue weighted by Crippen LogP contribution is -2.27. The molecule has 90 valence electrons. The predicted molar refractivity (Wildman–Crippen MR) is 68.7 cm³/mol. The van der Waals surface area contributed by atoms with E-state index < -0.39 is 0 Å². The maximum atomic E-state index is 5.91. The van der Waals surface area contributed by atoms with Gasteiger partial charge in [-0.25, -0.2) is 0 Å². The SMILES string of the molecule is CCN(CCOC)Cc1ccc(Cl)cc1N. The number of rotatable bonds is 6. The summed E-state index contributed by atoms with van der Waals surface area (Å²) in [6, 6.07) is 5.64. The Morgan fingerprint density at radius 1 is 1.44 bits per heavy atom. The van der Waals surface area contributed by atoms with Crippen molar-refractivity contribution in [2.45, 2.75) is 13.5 Å². The number of benzene rings is 1. The van der Waals surface area contributed by atoms with Crippen molar-refractivity contribution in [3.05, 3.63) is 28.8 Å². The molecule has 16 heavy (non-hydrogen) atoms. The van der Waals surface area contributed by atoms with Gasteiger partial charge >= 0.3 is 0 Å². The number of ether oxygens (including phenoxy) is 1. The molecule has 0 aliphatic rings. The molecule has 4 heteroatoms. The van der Waals surface area contributed by atoms with Gasteiger partial charge in [-0.05, 0) is 24.2 Å². The molecule has 0 aliphatic heterocycles. The lowest BCUT2D eigenvalue weighted by Gasteiger charge is -2.20. The average molecular weight is 243 g/mol. The second kappa shape index (κ2) is 6.74. The highest BCUT2D eigenvalue weighted by molar-refractivity contribution is 6.30. The molecule has 0 amide bonds. The smallest absolute Gasteiger partial charge is 0.0589 e. The number of hydrogen-bond acceptors (Lipinski definition) is 3. The van der Waals surface area contributed by atoms with Crippen LogP contribution in [-0.4, -0.2) is 31.7 Å². The molecule has 0 spiro atoms. The number of nitrogen functional groups attached to an aromatic ring is 1. The molecule has 0 bridgehead atoms. The number of methoxy groups -OCH3 is 1. The molecule has 0 aromatic heterocycles. The van der Waals surface area contributed by atoms with Crippen LogP contribution in [-0.2, 0) is 11.3 Å². The molecule has 0 fully saturated rings. The highest BCUT2D eigenvalue weighted by atomic mass is 35.5. The predicted octanol–water partition coefficient (Wildman–Crippen LogP) is 2.39. The summed E-state index contributed by atoms with van der Waals surface area (Å²) < 4.78 is 5.07. The van der Waals surface area contributed by atoms with Crippen molar-refractivity contribution in [1.82, 2.24) is 4.90 Å². The molecule has 0 aliphatic carbocycles. The van der Waals surface area contributed by atoms with Gasteiger partial charge in [0.05, 0.1) is 6.61 Å². The summed E-state index contributed by atoms with van der Waals surface area (Å²) in [4.78, 5) is 2.28. The number of likely N-dealkylation sites (N-methyl/N-ethyl adjacent to an activating group) is 1. The fourth-order valence-electron chi connectivity index (χ4n) is 1.52. The lowest BCUT2D eigenvalue weighted by molar-refractivity contribution is 0.147. The molecular weight excluding hydrogens is 224 g/mol. The van der Waals surface area contributed by atoms with Crippen LogP contribution < -0.4 is 5.73 Å². The van der Waals surface area contributed by atoms with Gasteiger partial charge in [0.1, 0.15) is 0 Å². The van der Waals surface area contributed by atoms with Crippen LogP contribution in [0.15, 0.2) is 18.2 Å². The highest BCUT2D eigenvalue weighted by Crippen LogP contribution is 2.19. The lowest BCUT2D eigenvalue weighted by atomic mass is 10.1. The van der Waals surface area contributed by atoms with Crippen LogP contribution in [0.5, 0.6) is 0 Å². The number of nitrogens with two attached hydrogens (primary N) is 1. The Balaban J connectivity index is 2.62. The minimum atomic E-state index is 0.682. The Labute approximate surface area is 102 Å². The van der Waals surface area contributed by atoms with Gasteiger partial charge in [-0.2, -0.15) is 0 Å². The van der Waals surface area contributed by atoms with E-state index in [2.05, 4.69) is 11.8 Å². The van der Waals surface area contributed by atoms with Gasteiger partial charge in [-0.1, -0.05) is 24.6 Å². The van der Waals surface area contributed by atoms with Crippen LogP contribution in [0.4, 0.5) is 5.69 Å². The molecule has 0 unspecified atom stereocenters. The normalized spacial score (nSPS) is 11.0. The van der Waals surface area contributed by atoms with E-state index in [0.717, 1.165) is 37.5 Å². The van der Waals surface area contributed by atoms with E-state index in [1.165, 1.54) is 0 Å². The van der Waals surface area contributed by atoms with Gasteiger partial charge in [0, 0.05) is 30.9 Å². The maximum Gasteiger partial charge on any atom is 0.0589 e. The van der Waals surface area contributed by atoms with E-state index in [1.807, 2.05) is 12.1 Å². The summed E-state index contributed by atoms with van der Waals surface area (Å²) in [6.07, 6.45) is 0. The van der Waals surface area contributed by atoms with Crippen LogP contribution in [0.25, 0.3) is 0 Å². The quantitative estimate of drug-likeness (QED) is 0.779. The zero-order valence-corrected chi connectivity index (χ0v) is 10.6. The summed E-state index contributed by atoms with van der Waals surface area (Å²) in [7, 11) is 1.71. The number of anilines is 1. The first-order valence-corrected chi connectivity index (χ1v) is 5.80. The first kappa shape index (κ1) is 13.3. The van der Waals surface area contributed by atoms with E-state index in [0.29, 0.717) is 5.02 Å². The largest absolute Gasteiger partial charge is 0.398 e. The van der Waals surface area contributed by atoms with E-state index in [9.17, 15) is 0 Å². The molecule has 0 saturated carbocycles. The summed E-state index contributed by atoms with van der Waals surface area (Å²) >= 11 is 5.86. The number of nitrogens with zero attached hydrogens (tertiary/aromatic N) is 1.